The number of fused-ring (bicyclic) bond motifs is 1. The predicted octanol–water partition coefficient (Wildman–Crippen LogP) is 2.56. The molecular weight excluding hydrogens is 236 g/mol. The maximum atomic E-state index is 4.36. The maximum absolute atomic E-state index is 4.36. The van der Waals surface area contributed by atoms with Crippen molar-refractivity contribution in [1.82, 2.24) is 14.9 Å². The molecule has 0 fully saturated rings. The van der Waals surface area contributed by atoms with Crippen LogP contribution < -0.4 is 5.32 Å². The first-order valence-corrected chi connectivity index (χ1v) is 6.83. The van der Waals surface area contributed by atoms with E-state index in [9.17, 15) is 0 Å². The summed E-state index contributed by atoms with van der Waals surface area (Å²) < 4.78 is 0. The Kier molecular flexibility index (Phi) is 4.68. The van der Waals surface area contributed by atoms with Crippen molar-refractivity contribution in [3.63, 3.8) is 0 Å². The van der Waals surface area contributed by atoms with E-state index in [0.717, 1.165) is 42.7 Å². The molecule has 0 atom stereocenters. The zero-order valence-electron chi connectivity index (χ0n) is 12.0. The van der Waals surface area contributed by atoms with Crippen molar-refractivity contribution in [2.75, 3.05) is 32.5 Å². The molecule has 1 heterocycles. The summed E-state index contributed by atoms with van der Waals surface area (Å²) >= 11 is 0. The van der Waals surface area contributed by atoms with Gasteiger partial charge in [-0.05, 0) is 51.2 Å². The smallest absolute Gasteiger partial charge is 0.137 e. The van der Waals surface area contributed by atoms with E-state index in [1.807, 2.05) is 0 Å². The minimum Gasteiger partial charge on any atom is -0.369 e. The highest BCUT2D eigenvalue weighted by molar-refractivity contribution is 5.89. The maximum Gasteiger partial charge on any atom is 0.137 e. The van der Waals surface area contributed by atoms with Gasteiger partial charge in [-0.1, -0.05) is 13.0 Å². The molecule has 1 N–H and O–H groups in total. The van der Waals surface area contributed by atoms with E-state index in [0.29, 0.717) is 0 Å². The fourth-order valence-corrected chi connectivity index (χ4v) is 2.07. The quantitative estimate of drug-likeness (QED) is 0.809. The highest BCUT2D eigenvalue weighted by atomic mass is 15.1. The zero-order chi connectivity index (χ0) is 13.7. The molecule has 0 spiro atoms. The third kappa shape index (κ3) is 3.64. The zero-order valence-corrected chi connectivity index (χ0v) is 12.0. The summed E-state index contributed by atoms with van der Waals surface area (Å²) in [5.41, 5.74) is 2.32. The normalized spacial score (nSPS) is 11.2. The van der Waals surface area contributed by atoms with Gasteiger partial charge in [-0.3, -0.25) is 0 Å². The summed E-state index contributed by atoms with van der Waals surface area (Å²) in [7, 11) is 4.18. The molecule has 0 aliphatic rings. The van der Waals surface area contributed by atoms with E-state index in [2.05, 4.69) is 59.4 Å². The lowest BCUT2D eigenvalue weighted by molar-refractivity contribution is 0.405. The van der Waals surface area contributed by atoms with Crippen molar-refractivity contribution in [2.45, 2.75) is 19.8 Å². The van der Waals surface area contributed by atoms with Gasteiger partial charge in [-0.15, -0.1) is 0 Å². The standard InChI is InChI=1S/C15H22N4/c1-4-12-6-7-14-13(10-12)15(18-11-17-14)16-8-5-9-19(2)3/h6-7,10-11H,4-5,8-9H2,1-3H3,(H,16,17,18). The number of anilines is 1. The molecule has 0 aliphatic carbocycles. The van der Waals surface area contributed by atoms with Gasteiger partial charge in [0.15, 0.2) is 0 Å². The molecule has 4 heteroatoms. The topological polar surface area (TPSA) is 41.1 Å². The first kappa shape index (κ1) is 13.7. The fourth-order valence-electron chi connectivity index (χ4n) is 2.07. The van der Waals surface area contributed by atoms with E-state index in [-0.39, 0.29) is 0 Å². The van der Waals surface area contributed by atoms with Crippen molar-refractivity contribution in [3.05, 3.63) is 30.1 Å². The highest BCUT2D eigenvalue weighted by Crippen LogP contribution is 2.20. The number of benzene rings is 1. The Morgan fingerprint density at radius 1 is 1.21 bits per heavy atom. The number of nitrogens with one attached hydrogen (secondary N) is 1. The number of rotatable bonds is 6. The summed E-state index contributed by atoms with van der Waals surface area (Å²) in [4.78, 5) is 10.9. The van der Waals surface area contributed by atoms with Crippen LogP contribution in [0.15, 0.2) is 24.5 Å². The largest absolute Gasteiger partial charge is 0.369 e. The molecule has 0 saturated heterocycles. The molecule has 0 saturated carbocycles. The van der Waals surface area contributed by atoms with E-state index < -0.39 is 0 Å². The Balaban J connectivity index is 2.13. The van der Waals surface area contributed by atoms with Crippen molar-refractivity contribution in [1.29, 1.82) is 0 Å². The van der Waals surface area contributed by atoms with Crippen molar-refractivity contribution in [2.24, 2.45) is 0 Å². The summed E-state index contributed by atoms with van der Waals surface area (Å²) in [5, 5.41) is 4.53. The Morgan fingerprint density at radius 3 is 2.79 bits per heavy atom. The molecule has 1 aromatic carbocycles. The first-order chi connectivity index (χ1) is 9.20. The van der Waals surface area contributed by atoms with E-state index in [1.54, 1.807) is 6.33 Å². The minimum absolute atomic E-state index is 0.931. The summed E-state index contributed by atoms with van der Waals surface area (Å²) in [6.45, 7) is 4.17. The molecule has 19 heavy (non-hydrogen) atoms. The Bertz CT molecular complexity index is 537. The van der Waals surface area contributed by atoms with Gasteiger partial charge in [0.25, 0.3) is 0 Å². The summed E-state index contributed by atoms with van der Waals surface area (Å²) in [6, 6.07) is 6.38. The van der Waals surface area contributed by atoms with E-state index in [1.165, 1.54) is 5.56 Å². The third-order valence-electron chi connectivity index (χ3n) is 3.18. The van der Waals surface area contributed by atoms with Crippen molar-refractivity contribution in [3.8, 4) is 0 Å². The number of hydrogen-bond donors (Lipinski definition) is 1. The van der Waals surface area contributed by atoms with Crippen LogP contribution in [0.5, 0.6) is 0 Å². The number of hydrogen-bond acceptors (Lipinski definition) is 4. The first-order valence-electron chi connectivity index (χ1n) is 6.83. The molecule has 102 valence electrons. The van der Waals surface area contributed by atoms with E-state index >= 15 is 0 Å². The molecule has 0 radical (unpaired) electrons. The number of aromatic nitrogens is 2. The van der Waals surface area contributed by atoms with Crippen molar-refractivity contribution >= 4 is 16.7 Å². The van der Waals surface area contributed by atoms with Gasteiger partial charge in [0, 0.05) is 11.9 Å². The van der Waals surface area contributed by atoms with Crippen molar-refractivity contribution < 1.29 is 0 Å². The number of aryl methyl sites for hydroxylation is 1. The van der Waals surface area contributed by atoms with Crippen LogP contribution in [-0.2, 0) is 6.42 Å². The molecule has 2 rings (SSSR count). The second kappa shape index (κ2) is 6.48. The Hall–Kier alpha value is -1.68. The summed E-state index contributed by atoms with van der Waals surface area (Å²) in [6.07, 6.45) is 3.76. The molecule has 0 bridgehead atoms. The minimum atomic E-state index is 0.931. The van der Waals surface area contributed by atoms with E-state index in [4.69, 9.17) is 0 Å². The highest BCUT2D eigenvalue weighted by Gasteiger charge is 2.04. The molecule has 0 unspecified atom stereocenters. The van der Waals surface area contributed by atoms with Gasteiger partial charge < -0.3 is 10.2 Å². The van der Waals surface area contributed by atoms with Crippen LogP contribution >= 0.6 is 0 Å². The van der Waals surface area contributed by atoms with Crippen LogP contribution in [0.2, 0.25) is 0 Å². The van der Waals surface area contributed by atoms with Gasteiger partial charge in [0.05, 0.1) is 5.52 Å². The van der Waals surface area contributed by atoms with Crippen LogP contribution in [0.1, 0.15) is 18.9 Å². The molecule has 0 aliphatic heterocycles. The second-order valence-corrected chi connectivity index (χ2v) is 5.01. The average Bonchev–Trinajstić information content (AvgIpc) is 2.43. The average molecular weight is 258 g/mol. The molecular formula is C15H22N4. The fraction of sp³-hybridized carbons (Fsp3) is 0.467. The Morgan fingerprint density at radius 2 is 2.05 bits per heavy atom. The monoisotopic (exact) mass is 258 g/mol. The lowest BCUT2D eigenvalue weighted by Gasteiger charge is -2.11. The van der Waals surface area contributed by atoms with Gasteiger partial charge in [0.2, 0.25) is 0 Å². The van der Waals surface area contributed by atoms with Gasteiger partial charge in [0.1, 0.15) is 12.1 Å². The number of nitrogens with zero attached hydrogens (tertiary/aromatic N) is 3. The Labute approximate surface area is 114 Å². The molecule has 2 aromatic rings. The second-order valence-electron chi connectivity index (χ2n) is 5.01. The SMILES string of the molecule is CCc1ccc2ncnc(NCCCN(C)C)c2c1. The van der Waals surface area contributed by atoms with Crippen LogP contribution in [0.4, 0.5) is 5.82 Å². The third-order valence-corrected chi connectivity index (χ3v) is 3.18. The molecule has 0 amide bonds. The lowest BCUT2D eigenvalue weighted by atomic mass is 10.1. The summed E-state index contributed by atoms with van der Waals surface area (Å²) in [5.74, 6) is 0.944. The van der Waals surface area contributed by atoms with Crippen LogP contribution in [0, 0.1) is 0 Å². The van der Waals surface area contributed by atoms with Crippen LogP contribution in [0.25, 0.3) is 10.9 Å². The predicted molar refractivity (Wildman–Crippen MR) is 80.6 cm³/mol. The molecule has 4 nitrogen and oxygen atoms in total. The lowest BCUT2D eigenvalue weighted by Crippen LogP contribution is -2.16. The van der Waals surface area contributed by atoms with Gasteiger partial charge in [-0.2, -0.15) is 0 Å². The van der Waals surface area contributed by atoms with Gasteiger partial charge in [-0.25, -0.2) is 9.97 Å². The van der Waals surface area contributed by atoms with Crippen LogP contribution in [-0.4, -0.2) is 42.1 Å². The molecule has 1 aromatic heterocycles. The van der Waals surface area contributed by atoms with Crippen LogP contribution in [0.3, 0.4) is 0 Å². The van der Waals surface area contributed by atoms with Gasteiger partial charge >= 0.3 is 0 Å².